The molecule has 94 valence electrons. The van der Waals surface area contributed by atoms with Gasteiger partial charge in [0, 0.05) is 9.89 Å². The van der Waals surface area contributed by atoms with Crippen LogP contribution in [0, 0.1) is 5.82 Å². The fourth-order valence-corrected chi connectivity index (χ4v) is 2.10. The maximum absolute atomic E-state index is 13.7. The van der Waals surface area contributed by atoms with Crippen LogP contribution in [0.2, 0.25) is 0 Å². The molecule has 0 saturated carbocycles. The summed E-state index contributed by atoms with van der Waals surface area (Å²) < 4.78 is 14.4. The van der Waals surface area contributed by atoms with E-state index < -0.39 is 29.1 Å². The molecule has 1 rings (SSSR count). The molecule has 6 heteroatoms. The van der Waals surface area contributed by atoms with Gasteiger partial charge in [-0.1, -0.05) is 22.9 Å². The van der Waals surface area contributed by atoms with Crippen molar-refractivity contribution in [3.8, 4) is 0 Å². The zero-order valence-electron chi connectivity index (χ0n) is 9.08. The Morgan fingerprint density at radius 3 is 2.76 bits per heavy atom. The molecule has 0 saturated heterocycles. The molecule has 17 heavy (non-hydrogen) atoms. The average molecular weight is 325 g/mol. The van der Waals surface area contributed by atoms with Crippen molar-refractivity contribution in [1.29, 1.82) is 0 Å². The molecule has 1 unspecified atom stereocenters. The third-order valence-electron chi connectivity index (χ3n) is 2.68. The molecule has 1 aromatic rings. The summed E-state index contributed by atoms with van der Waals surface area (Å²) in [5.74, 6) is -1.35. The topological polar surface area (TPSA) is 63.3 Å². The summed E-state index contributed by atoms with van der Waals surface area (Å²) >= 11 is 9.06. The van der Waals surface area contributed by atoms with Gasteiger partial charge >= 0.3 is 0 Å². The Morgan fingerprint density at radius 1 is 1.71 bits per heavy atom. The van der Waals surface area contributed by atoms with Crippen molar-refractivity contribution in [1.82, 2.24) is 0 Å². The molecule has 3 nitrogen and oxygen atoms in total. The highest BCUT2D eigenvalue weighted by Crippen LogP contribution is 2.34. The highest BCUT2D eigenvalue weighted by molar-refractivity contribution is 9.10. The van der Waals surface area contributed by atoms with Crippen molar-refractivity contribution in [2.24, 2.45) is 5.73 Å². The number of rotatable bonds is 4. The van der Waals surface area contributed by atoms with Crippen molar-refractivity contribution < 1.29 is 14.3 Å². The molecular formula is C11H12BrClFNO2. The lowest BCUT2D eigenvalue weighted by Gasteiger charge is -2.31. The number of aliphatic hydroxyl groups excluding tert-OH is 1. The Labute approximate surface area is 112 Å². The summed E-state index contributed by atoms with van der Waals surface area (Å²) in [5.41, 5.74) is 3.99. The van der Waals surface area contributed by atoms with Crippen LogP contribution in [0.3, 0.4) is 0 Å². The maximum atomic E-state index is 13.7. The lowest BCUT2D eigenvalue weighted by molar-refractivity contribution is -0.119. The highest BCUT2D eigenvalue weighted by Gasteiger charge is 2.40. The van der Waals surface area contributed by atoms with Gasteiger partial charge in [0.25, 0.3) is 0 Å². The Morgan fingerprint density at radius 2 is 2.29 bits per heavy atom. The van der Waals surface area contributed by atoms with E-state index in [0.717, 1.165) is 0 Å². The Hall–Kier alpha value is -0.650. The summed E-state index contributed by atoms with van der Waals surface area (Å²) in [6.45, 7) is 0.998. The molecule has 1 aromatic carbocycles. The number of carbonyl (C=O) groups is 1. The van der Waals surface area contributed by atoms with Gasteiger partial charge in [0.15, 0.2) is 0 Å². The van der Waals surface area contributed by atoms with Gasteiger partial charge in [-0.15, -0.1) is 11.6 Å². The number of hydrogen-bond donors (Lipinski definition) is 2. The van der Waals surface area contributed by atoms with Crippen LogP contribution in [0.25, 0.3) is 0 Å². The average Bonchev–Trinajstić information content (AvgIpc) is 2.30. The van der Waals surface area contributed by atoms with Gasteiger partial charge in [0.1, 0.15) is 11.2 Å². The van der Waals surface area contributed by atoms with Crippen LogP contribution in [0.5, 0.6) is 0 Å². The number of primary amides is 1. The van der Waals surface area contributed by atoms with Crippen LogP contribution >= 0.6 is 27.5 Å². The number of alkyl halides is 1. The second-order valence-corrected chi connectivity index (χ2v) is 5.32. The van der Waals surface area contributed by atoms with Gasteiger partial charge in [-0.2, -0.15) is 0 Å². The van der Waals surface area contributed by atoms with Crippen molar-refractivity contribution in [3.05, 3.63) is 34.1 Å². The third kappa shape index (κ3) is 2.78. The SMILES string of the molecule is C[C@](CO)(c1cc(Br)ccc1F)C(Cl)C(N)=O. The van der Waals surface area contributed by atoms with E-state index in [9.17, 15) is 14.3 Å². The van der Waals surface area contributed by atoms with E-state index in [2.05, 4.69) is 15.9 Å². The molecule has 0 radical (unpaired) electrons. The lowest BCUT2D eigenvalue weighted by Crippen LogP contribution is -2.45. The largest absolute Gasteiger partial charge is 0.395 e. The first-order valence-electron chi connectivity index (χ1n) is 4.82. The molecule has 0 aromatic heterocycles. The van der Waals surface area contributed by atoms with E-state index in [-0.39, 0.29) is 5.56 Å². The second-order valence-electron chi connectivity index (χ2n) is 3.96. The molecule has 0 aliphatic carbocycles. The first-order chi connectivity index (χ1) is 7.82. The summed E-state index contributed by atoms with van der Waals surface area (Å²) in [7, 11) is 0. The van der Waals surface area contributed by atoms with E-state index in [1.165, 1.54) is 25.1 Å². The zero-order chi connectivity index (χ0) is 13.2. The molecular weight excluding hydrogens is 312 g/mol. The molecule has 0 spiro atoms. The van der Waals surface area contributed by atoms with Crippen molar-refractivity contribution in [2.75, 3.05) is 6.61 Å². The number of carbonyl (C=O) groups excluding carboxylic acids is 1. The summed E-state index contributed by atoms with van der Waals surface area (Å²) in [6, 6.07) is 4.23. The van der Waals surface area contributed by atoms with Crippen LogP contribution in [-0.2, 0) is 10.2 Å². The molecule has 1 amide bonds. The number of aliphatic hydroxyl groups is 1. The lowest BCUT2D eigenvalue weighted by atomic mass is 9.79. The van der Waals surface area contributed by atoms with Crippen LogP contribution in [0.1, 0.15) is 12.5 Å². The predicted octanol–water partition coefficient (Wildman–Crippen LogP) is 1.93. The Balaban J connectivity index is 3.34. The van der Waals surface area contributed by atoms with E-state index in [1.807, 2.05) is 0 Å². The minimum Gasteiger partial charge on any atom is -0.395 e. The highest BCUT2D eigenvalue weighted by atomic mass is 79.9. The first kappa shape index (κ1) is 14.4. The van der Waals surface area contributed by atoms with Crippen LogP contribution in [0.4, 0.5) is 4.39 Å². The fourth-order valence-electron chi connectivity index (χ4n) is 1.55. The van der Waals surface area contributed by atoms with Gasteiger partial charge in [-0.3, -0.25) is 4.79 Å². The van der Waals surface area contributed by atoms with Gasteiger partial charge in [-0.05, 0) is 23.8 Å². The fraction of sp³-hybridized carbons (Fsp3) is 0.364. The number of hydrogen-bond acceptors (Lipinski definition) is 2. The van der Waals surface area contributed by atoms with Gasteiger partial charge in [0.2, 0.25) is 5.91 Å². The van der Waals surface area contributed by atoms with Gasteiger partial charge < -0.3 is 10.8 Å². The molecule has 0 heterocycles. The monoisotopic (exact) mass is 323 g/mol. The number of amides is 1. The number of halogens is 3. The minimum atomic E-state index is -1.26. The minimum absolute atomic E-state index is 0.146. The molecule has 0 bridgehead atoms. The predicted molar refractivity (Wildman–Crippen MR) is 67.4 cm³/mol. The van der Waals surface area contributed by atoms with E-state index in [1.54, 1.807) is 0 Å². The zero-order valence-corrected chi connectivity index (χ0v) is 11.4. The van der Waals surface area contributed by atoms with Crippen molar-refractivity contribution in [3.63, 3.8) is 0 Å². The molecule has 3 N–H and O–H groups in total. The van der Waals surface area contributed by atoms with E-state index >= 15 is 0 Å². The Bertz CT molecular complexity index is 443. The molecule has 2 atom stereocenters. The van der Waals surface area contributed by atoms with Crippen LogP contribution < -0.4 is 5.73 Å². The number of nitrogens with two attached hydrogens (primary N) is 1. The smallest absolute Gasteiger partial charge is 0.236 e. The standard InChI is InChI=1S/C11H12BrClFNO2/c1-11(5-16,9(13)10(15)17)7-4-6(12)2-3-8(7)14/h2-4,9,16H,5H2,1H3,(H2,15,17)/t9?,11-/m0/s1. The summed E-state index contributed by atoms with van der Waals surface area (Å²) in [4.78, 5) is 11.1. The third-order valence-corrected chi connectivity index (χ3v) is 3.87. The number of benzene rings is 1. The normalized spacial score (nSPS) is 16.3. The summed E-state index contributed by atoms with van der Waals surface area (Å²) in [6.07, 6.45) is 0. The van der Waals surface area contributed by atoms with Crippen molar-refractivity contribution in [2.45, 2.75) is 17.7 Å². The van der Waals surface area contributed by atoms with E-state index in [4.69, 9.17) is 17.3 Å². The quantitative estimate of drug-likeness (QED) is 0.831. The van der Waals surface area contributed by atoms with Crippen LogP contribution in [0.15, 0.2) is 22.7 Å². The molecule has 0 aliphatic heterocycles. The van der Waals surface area contributed by atoms with E-state index in [0.29, 0.717) is 4.47 Å². The second kappa shape index (κ2) is 5.33. The molecule has 0 aliphatic rings. The van der Waals surface area contributed by atoms with Crippen molar-refractivity contribution >= 4 is 33.4 Å². The van der Waals surface area contributed by atoms with Crippen LogP contribution in [-0.4, -0.2) is 23.0 Å². The first-order valence-corrected chi connectivity index (χ1v) is 6.05. The van der Waals surface area contributed by atoms with Gasteiger partial charge in [-0.25, -0.2) is 4.39 Å². The van der Waals surface area contributed by atoms with Gasteiger partial charge in [0.05, 0.1) is 6.61 Å². The Kier molecular flexibility index (Phi) is 4.52. The summed E-state index contributed by atoms with van der Waals surface area (Å²) in [5, 5.41) is 8.20. The molecule has 0 fully saturated rings. The maximum Gasteiger partial charge on any atom is 0.236 e.